The van der Waals surface area contributed by atoms with Crippen LogP contribution >= 0.6 is 23.4 Å². The van der Waals surface area contributed by atoms with E-state index >= 15 is 0 Å². The van der Waals surface area contributed by atoms with Crippen LogP contribution in [-0.4, -0.2) is 53.2 Å². The summed E-state index contributed by atoms with van der Waals surface area (Å²) in [7, 11) is 2.91. The number of halogens is 1. The van der Waals surface area contributed by atoms with Gasteiger partial charge in [-0.15, -0.1) is 0 Å². The van der Waals surface area contributed by atoms with E-state index in [-0.39, 0.29) is 22.1 Å². The zero-order valence-electron chi connectivity index (χ0n) is 18.6. The molecule has 1 spiro atoms. The number of benzene rings is 1. The third kappa shape index (κ3) is 3.40. The van der Waals surface area contributed by atoms with E-state index in [2.05, 4.69) is 21.1 Å². The minimum Gasteiger partial charge on any atom is -0.496 e. The van der Waals surface area contributed by atoms with E-state index in [4.69, 9.17) is 25.8 Å². The molecule has 1 aromatic carbocycles. The molecule has 1 N–H and O–H groups in total. The third-order valence-corrected chi connectivity index (χ3v) is 7.73. The van der Waals surface area contributed by atoms with Crippen LogP contribution in [0.25, 0.3) is 0 Å². The molecule has 2 atom stereocenters. The van der Waals surface area contributed by atoms with Crippen LogP contribution in [0.15, 0.2) is 29.2 Å². The molecular weight excluding hydrogens is 466 g/mol. The van der Waals surface area contributed by atoms with E-state index in [0.29, 0.717) is 18.7 Å². The number of hydrogen-bond acceptors (Lipinski definition) is 8. The summed E-state index contributed by atoms with van der Waals surface area (Å²) in [6, 6.07) is 1.53. The molecule has 2 aliphatic heterocycles. The number of thioether (sulfide) groups is 1. The number of carbonyl (C=O) groups excluding carboxylic acids is 2. The van der Waals surface area contributed by atoms with Gasteiger partial charge in [0, 0.05) is 55.2 Å². The van der Waals surface area contributed by atoms with Crippen LogP contribution in [0, 0.1) is 5.92 Å². The molecule has 0 saturated carbocycles. The number of nitrogens with one attached hydrogen (secondary N) is 1. The second-order valence-electron chi connectivity index (χ2n) is 8.34. The molecule has 3 aliphatic rings. The summed E-state index contributed by atoms with van der Waals surface area (Å²) < 4.78 is 18.9. The van der Waals surface area contributed by atoms with Gasteiger partial charge in [-0.2, -0.15) is 0 Å². The van der Waals surface area contributed by atoms with Gasteiger partial charge < -0.3 is 24.1 Å². The summed E-state index contributed by atoms with van der Waals surface area (Å²) in [5, 5.41) is 4.55. The number of fused-ring (bicyclic) bond motifs is 2. The molecule has 0 amide bonds. The fourth-order valence-electron chi connectivity index (χ4n) is 4.69. The van der Waals surface area contributed by atoms with Crippen molar-refractivity contribution in [2.45, 2.75) is 37.1 Å². The molecule has 0 radical (unpaired) electrons. The van der Waals surface area contributed by atoms with Crippen molar-refractivity contribution in [2.75, 3.05) is 26.5 Å². The SMILES string of the molecule is COc1cc(OC)c2c(c1Cl)O[C@@]1(C(=O)C=C(NCCc3cn4c(n3)SCC4)C[C@H]1C)C2=O. The van der Waals surface area contributed by atoms with Crippen LogP contribution in [0.4, 0.5) is 0 Å². The number of allylic oxidation sites excluding steroid dienone is 1. The van der Waals surface area contributed by atoms with Crippen LogP contribution in [-0.2, 0) is 17.8 Å². The average molecular weight is 490 g/mol. The lowest BCUT2D eigenvalue weighted by atomic mass is 9.74. The predicted octanol–water partition coefficient (Wildman–Crippen LogP) is 3.30. The van der Waals surface area contributed by atoms with Crippen molar-refractivity contribution in [3.63, 3.8) is 0 Å². The maximum absolute atomic E-state index is 13.5. The number of hydrogen-bond donors (Lipinski definition) is 1. The van der Waals surface area contributed by atoms with E-state index in [1.807, 2.05) is 6.92 Å². The van der Waals surface area contributed by atoms with Gasteiger partial charge in [-0.1, -0.05) is 30.3 Å². The maximum Gasteiger partial charge on any atom is 0.236 e. The van der Waals surface area contributed by atoms with Gasteiger partial charge in [0.15, 0.2) is 10.9 Å². The summed E-state index contributed by atoms with van der Waals surface area (Å²) in [6.07, 6.45) is 4.80. The second-order valence-corrected chi connectivity index (χ2v) is 9.78. The van der Waals surface area contributed by atoms with Crippen molar-refractivity contribution in [1.29, 1.82) is 0 Å². The van der Waals surface area contributed by atoms with Crippen LogP contribution in [0.1, 0.15) is 29.4 Å². The minimum absolute atomic E-state index is 0.133. The Morgan fingerprint density at radius 3 is 2.82 bits per heavy atom. The summed E-state index contributed by atoms with van der Waals surface area (Å²) >= 11 is 8.19. The molecule has 0 saturated heterocycles. The van der Waals surface area contributed by atoms with Crippen molar-refractivity contribution < 1.29 is 23.8 Å². The average Bonchev–Trinajstić information content (AvgIpc) is 3.46. The fraction of sp³-hybridized carbons (Fsp3) is 0.435. The molecule has 0 bridgehead atoms. The van der Waals surface area contributed by atoms with Crippen LogP contribution in [0.2, 0.25) is 5.02 Å². The Bertz CT molecular complexity index is 1170. The fourth-order valence-corrected chi connectivity index (χ4v) is 5.91. The monoisotopic (exact) mass is 489 g/mol. The summed E-state index contributed by atoms with van der Waals surface area (Å²) in [6.45, 7) is 3.48. The standard InChI is InChI=1S/C23H24ClN3O5S/c1-12-8-14(25-5-4-13-11-27-6-7-33-22(27)26-13)9-17(28)23(12)21(29)18-15(30-2)10-16(31-3)19(24)20(18)32-23/h9-12,25H,4-8H2,1-3H3/t12-,23+/m1/s1. The van der Waals surface area contributed by atoms with E-state index in [1.165, 1.54) is 26.4 Å². The van der Waals surface area contributed by atoms with Crippen LogP contribution in [0.3, 0.4) is 0 Å². The van der Waals surface area contributed by atoms with Gasteiger partial charge in [0.2, 0.25) is 17.2 Å². The normalized spacial score (nSPS) is 23.3. The van der Waals surface area contributed by atoms with Gasteiger partial charge in [-0.25, -0.2) is 4.98 Å². The van der Waals surface area contributed by atoms with Crippen molar-refractivity contribution in [3.05, 3.63) is 40.3 Å². The first-order valence-corrected chi connectivity index (χ1v) is 12.1. The van der Waals surface area contributed by atoms with Crippen molar-refractivity contribution in [2.24, 2.45) is 5.92 Å². The highest BCUT2D eigenvalue weighted by atomic mass is 35.5. The lowest BCUT2D eigenvalue weighted by Gasteiger charge is -2.35. The van der Waals surface area contributed by atoms with E-state index in [9.17, 15) is 9.59 Å². The highest BCUT2D eigenvalue weighted by Crippen LogP contribution is 2.52. The Morgan fingerprint density at radius 1 is 1.33 bits per heavy atom. The van der Waals surface area contributed by atoms with Gasteiger partial charge in [-0.3, -0.25) is 9.59 Å². The first-order valence-electron chi connectivity index (χ1n) is 10.7. The number of aromatic nitrogens is 2. The van der Waals surface area contributed by atoms with Gasteiger partial charge in [0.05, 0.1) is 19.9 Å². The number of ether oxygens (including phenoxy) is 3. The van der Waals surface area contributed by atoms with Gasteiger partial charge in [-0.05, 0) is 6.42 Å². The molecule has 8 nitrogen and oxygen atoms in total. The van der Waals surface area contributed by atoms with Crippen molar-refractivity contribution in [1.82, 2.24) is 14.9 Å². The van der Waals surface area contributed by atoms with Gasteiger partial charge in [0.1, 0.15) is 22.1 Å². The first kappa shape index (κ1) is 22.2. The molecule has 0 unspecified atom stereocenters. The summed E-state index contributed by atoms with van der Waals surface area (Å²) in [4.78, 5) is 31.5. The molecule has 174 valence electrons. The maximum atomic E-state index is 13.5. The van der Waals surface area contributed by atoms with Crippen molar-refractivity contribution >= 4 is 34.9 Å². The quantitative estimate of drug-likeness (QED) is 0.618. The largest absolute Gasteiger partial charge is 0.496 e. The Hall–Kier alpha value is -2.65. The van der Waals surface area contributed by atoms with E-state index in [0.717, 1.165) is 35.3 Å². The molecule has 2 aromatic rings. The Balaban J connectivity index is 1.35. The number of imidazole rings is 1. The smallest absolute Gasteiger partial charge is 0.236 e. The second kappa shape index (κ2) is 8.29. The van der Waals surface area contributed by atoms with Crippen molar-refractivity contribution in [3.8, 4) is 17.2 Å². The molecule has 1 aromatic heterocycles. The lowest BCUT2D eigenvalue weighted by molar-refractivity contribution is -0.129. The number of ketones is 2. The van der Waals surface area contributed by atoms with E-state index in [1.54, 1.807) is 11.8 Å². The third-order valence-electron chi connectivity index (χ3n) is 6.40. The number of carbonyl (C=O) groups is 2. The number of aryl methyl sites for hydroxylation is 1. The highest BCUT2D eigenvalue weighted by Gasteiger charge is 2.60. The molecule has 1 aliphatic carbocycles. The Morgan fingerprint density at radius 2 is 2.12 bits per heavy atom. The van der Waals surface area contributed by atoms with Gasteiger partial charge in [0.25, 0.3) is 0 Å². The summed E-state index contributed by atoms with van der Waals surface area (Å²) in [5.41, 5.74) is 0.331. The topological polar surface area (TPSA) is 91.7 Å². The number of methoxy groups -OCH3 is 2. The summed E-state index contributed by atoms with van der Waals surface area (Å²) in [5.74, 6) is 0.548. The zero-order chi connectivity index (χ0) is 23.3. The Kier molecular flexibility index (Phi) is 5.56. The zero-order valence-corrected chi connectivity index (χ0v) is 20.1. The molecule has 10 heteroatoms. The lowest BCUT2D eigenvalue weighted by Crippen LogP contribution is -2.55. The molecule has 5 rings (SSSR count). The highest BCUT2D eigenvalue weighted by molar-refractivity contribution is 7.99. The molecule has 0 fully saturated rings. The molecule has 3 heterocycles. The number of Topliss-reactive ketones (excluding diaryl/α,β-unsaturated/α-hetero) is 1. The Labute approximate surface area is 200 Å². The molecular formula is C23H24ClN3O5S. The van der Waals surface area contributed by atoms with E-state index < -0.39 is 23.1 Å². The minimum atomic E-state index is -1.65. The van der Waals surface area contributed by atoms with Gasteiger partial charge >= 0.3 is 0 Å². The molecule has 33 heavy (non-hydrogen) atoms. The van der Waals surface area contributed by atoms with Crippen LogP contribution < -0.4 is 19.5 Å². The predicted molar refractivity (Wildman–Crippen MR) is 124 cm³/mol. The number of rotatable bonds is 6. The van der Waals surface area contributed by atoms with Crippen LogP contribution in [0.5, 0.6) is 17.2 Å². The first-order chi connectivity index (χ1) is 15.9. The number of nitrogens with zero attached hydrogens (tertiary/aromatic N) is 2.